The van der Waals surface area contributed by atoms with E-state index in [2.05, 4.69) is 0 Å². The minimum absolute atomic E-state index is 0. The Hall–Kier alpha value is 2.03. The van der Waals surface area contributed by atoms with E-state index in [1.807, 2.05) is 0 Å². The number of hydrogen-bond acceptors (Lipinski definition) is 0. The molecule has 0 aromatic carbocycles. The van der Waals surface area contributed by atoms with Gasteiger partial charge < -0.3 is 0 Å². The molecule has 4 heteroatoms. The molecule has 0 nitrogen and oxygen atoms in total. The Morgan fingerprint density at radius 2 is 1.00 bits per heavy atom. The summed E-state index contributed by atoms with van der Waals surface area (Å²) in [7, 11) is 0. The molecule has 0 N–H and O–H groups in total. The van der Waals surface area contributed by atoms with Gasteiger partial charge in [0, 0.05) is 34.1 Å². The van der Waals surface area contributed by atoms with Gasteiger partial charge >= 0.3 is 18.0 Å². The predicted octanol–water partition coefficient (Wildman–Crippen LogP) is -1.13. The molecule has 0 fully saturated rings. The average molecular weight is 223 g/mol. The topological polar surface area (TPSA) is 0 Å². The maximum absolute atomic E-state index is 0. The van der Waals surface area contributed by atoms with Crippen molar-refractivity contribution < 1.29 is 34.1 Å². The summed E-state index contributed by atoms with van der Waals surface area (Å²) in [5.41, 5.74) is 0. The summed E-state index contributed by atoms with van der Waals surface area (Å²) in [5.74, 6) is 0. The van der Waals surface area contributed by atoms with Crippen molar-refractivity contribution in [1.29, 1.82) is 0 Å². The second-order valence-electron chi connectivity index (χ2n) is 0. The maximum Gasteiger partial charge on any atom is 0 e. The molecule has 31 valence electrons. The molecule has 0 heterocycles. The van der Waals surface area contributed by atoms with Crippen LogP contribution >= 0.6 is 9.90 Å². The zero-order valence-corrected chi connectivity index (χ0v) is 8.81. The normalized spacial score (nSPS) is 0. The summed E-state index contributed by atoms with van der Waals surface area (Å²) >= 11 is 0. The van der Waals surface area contributed by atoms with E-state index in [1.165, 1.54) is 0 Å². The van der Waals surface area contributed by atoms with Gasteiger partial charge in [-0.15, -0.1) is 0 Å². The fourth-order valence-electron chi connectivity index (χ4n) is 0. The monoisotopic (exact) mass is 223 g/mol. The first-order chi connectivity index (χ1) is 0. The Morgan fingerprint density at radius 3 is 1.00 bits per heavy atom. The van der Waals surface area contributed by atoms with Crippen molar-refractivity contribution in [2.45, 2.75) is 0 Å². The maximum atomic E-state index is 0. The minimum atomic E-state index is 0. The summed E-state index contributed by atoms with van der Waals surface area (Å²) in [6.45, 7) is 0. The molecule has 0 aromatic rings. The molecule has 2 atom stereocenters. The van der Waals surface area contributed by atoms with Crippen LogP contribution < -0.4 is 0 Å². The van der Waals surface area contributed by atoms with Gasteiger partial charge in [0.15, 0.2) is 0 Å². The first kappa shape index (κ1) is 37.1. The Bertz CT molecular complexity index is 8.00. The van der Waals surface area contributed by atoms with Crippen LogP contribution in [0.3, 0.4) is 0 Å². The quantitative estimate of drug-likeness (QED) is 0.360. The van der Waals surface area contributed by atoms with Crippen molar-refractivity contribution in [2.75, 3.05) is 0 Å². The van der Waals surface area contributed by atoms with Crippen LogP contribution in [-0.2, 0) is 34.1 Å². The predicted molar refractivity (Wildman–Crippen MR) is 21.0 cm³/mol. The van der Waals surface area contributed by atoms with Gasteiger partial charge in [-0.25, -0.2) is 0 Å². The zero-order chi connectivity index (χ0) is 0. The zero-order valence-electron chi connectivity index (χ0n) is 2.15. The van der Waals surface area contributed by atoms with E-state index < -0.39 is 0 Å². The molecule has 0 amide bonds. The van der Waals surface area contributed by atoms with Crippen LogP contribution in [0.1, 0.15) is 0 Å². The van der Waals surface area contributed by atoms with Gasteiger partial charge in [-0.2, -0.15) is 9.90 Å². The van der Waals surface area contributed by atoms with Crippen LogP contribution in [0.15, 0.2) is 0 Å². The van der Waals surface area contributed by atoms with Gasteiger partial charge in [0.2, 0.25) is 0 Å². The number of rotatable bonds is 0. The third kappa shape index (κ3) is 8.98. The summed E-state index contributed by atoms with van der Waals surface area (Å²) < 4.78 is 0. The summed E-state index contributed by atoms with van der Waals surface area (Å²) in [5, 5.41) is 0. The van der Waals surface area contributed by atoms with Gasteiger partial charge in [0.1, 0.15) is 0 Å². The Morgan fingerprint density at radius 1 is 1.00 bits per heavy atom. The van der Waals surface area contributed by atoms with Crippen molar-refractivity contribution in [3.8, 4) is 0 Å². The largest absolute Gasteiger partial charge is 0 e. The molecular weight excluding hydrogens is 217 g/mol. The SMILES string of the molecule is P.[AsH3].[Fe].[Mn]. The smallest absolute Gasteiger partial charge is 0 e. The molecule has 0 bridgehead atoms. The molecule has 1 radical (unpaired) electrons. The Labute approximate surface area is 61.7 Å². The van der Waals surface area contributed by atoms with Crippen LogP contribution in [0.2, 0.25) is 0 Å². The molecular formula is H6AsFeMnP. The molecule has 2 unspecified atom stereocenters. The van der Waals surface area contributed by atoms with Crippen molar-refractivity contribution in [3.63, 3.8) is 0 Å². The van der Waals surface area contributed by atoms with Crippen LogP contribution in [0.25, 0.3) is 0 Å². The van der Waals surface area contributed by atoms with Crippen molar-refractivity contribution in [2.24, 2.45) is 0 Å². The second-order valence-corrected chi connectivity index (χ2v) is 0. The van der Waals surface area contributed by atoms with Gasteiger partial charge in [-0.05, 0) is 0 Å². The van der Waals surface area contributed by atoms with Crippen molar-refractivity contribution in [3.05, 3.63) is 0 Å². The molecule has 0 aliphatic heterocycles. The molecule has 0 aliphatic carbocycles. The van der Waals surface area contributed by atoms with Crippen LogP contribution in [0, 0.1) is 0 Å². The van der Waals surface area contributed by atoms with Crippen molar-refractivity contribution in [1.82, 2.24) is 0 Å². The molecule has 0 rings (SSSR count). The summed E-state index contributed by atoms with van der Waals surface area (Å²) in [4.78, 5) is 0. The van der Waals surface area contributed by atoms with E-state index in [-0.39, 0.29) is 62.0 Å². The molecule has 0 aliphatic rings. The Kier molecular flexibility index (Phi) is 184. The van der Waals surface area contributed by atoms with E-state index >= 15 is 0 Å². The third-order valence-corrected chi connectivity index (χ3v) is 0. The van der Waals surface area contributed by atoms with Gasteiger partial charge in [-0.3, -0.25) is 0 Å². The minimum Gasteiger partial charge on any atom is 0 e. The molecule has 0 saturated heterocycles. The fraction of sp³-hybridized carbons (Fsp3) is 0. The van der Waals surface area contributed by atoms with E-state index in [4.69, 9.17) is 0 Å². The molecule has 0 saturated carbocycles. The average Bonchev–Trinajstić information content (AvgIpc) is 0. The fourth-order valence-corrected chi connectivity index (χ4v) is 0. The first-order valence-corrected chi connectivity index (χ1v) is 0. The molecule has 4 heavy (non-hydrogen) atoms. The third-order valence-electron chi connectivity index (χ3n) is 0. The van der Waals surface area contributed by atoms with Gasteiger partial charge in [0.25, 0.3) is 0 Å². The van der Waals surface area contributed by atoms with E-state index in [1.54, 1.807) is 0 Å². The first-order valence-electron chi connectivity index (χ1n) is 0. The van der Waals surface area contributed by atoms with Crippen LogP contribution in [-0.4, -0.2) is 18.0 Å². The van der Waals surface area contributed by atoms with Gasteiger partial charge in [0.05, 0.1) is 0 Å². The Balaban J connectivity index is 0. The van der Waals surface area contributed by atoms with E-state index in [9.17, 15) is 0 Å². The molecule has 0 aromatic heterocycles. The standard InChI is InChI=1S/AsH3.Fe.Mn.H3P/h1H3;;;1H3. The van der Waals surface area contributed by atoms with E-state index in [0.717, 1.165) is 0 Å². The second kappa shape index (κ2) is 19.8. The molecule has 0 spiro atoms. The van der Waals surface area contributed by atoms with Crippen LogP contribution in [0.5, 0.6) is 0 Å². The van der Waals surface area contributed by atoms with Crippen LogP contribution in [0.4, 0.5) is 0 Å². The van der Waals surface area contributed by atoms with Crippen molar-refractivity contribution >= 4 is 27.9 Å². The number of hydrogen-bond donors (Lipinski definition) is 0. The summed E-state index contributed by atoms with van der Waals surface area (Å²) in [6, 6.07) is 0. The van der Waals surface area contributed by atoms with E-state index in [0.29, 0.717) is 0 Å². The van der Waals surface area contributed by atoms with Gasteiger partial charge in [-0.1, -0.05) is 0 Å². The summed E-state index contributed by atoms with van der Waals surface area (Å²) in [6.07, 6.45) is 0.